The van der Waals surface area contributed by atoms with Crippen molar-refractivity contribution in [1.82, 2.24) is 0 Å². The fourth-order valence-corrected chi connectivity index (χ4v) is 9.91. The molecule has 0 amide bonds. The highest BCUT2D eigenvalue weighted by Crippen LogP contribution is 2.67. The second-order valence-electron chi connectivity index (χ2n) is 14.0. The molecule has 7 atom stereocenters. The zero-order chi connectivity index (χ0) is 23.8. The van der Waals surface area contributed by atoms with Crippen LogP contribution >= 0.6 is 0 Å². The molecule has 4 heteroatoms. The molecule has 0 saturated heterocycles. The maximum atomic E-state index is 11.8. The van der Waals surface area contributed by atoms with Crippen molar-refractivity contribution in [3.05, 3.63) is 23.3 Å². The van der Waals surface area contributed by atoms with Gasteiger partial charge in [0.1, 0.15) is 6.61 Å². The third kappa shape index (κ3) is 3.73. The Labute approximate surface area is 202 Å². The molecule has 0 radical (unpaired) electrons. The maximum Gasteiger partial charge on any atom is 0.331 e. The molecule has 5 aliphatic rings. The van der Waals surface area contributed by atoms with Gasteiger partial charge < -0.3 is 9.16 Å². The Morgan fingerprint density at radius 1 is 1.06 bits per heavy atom. The van der Waals surface area contributed by atoms with Crippen LogP contribution in [-0.4, -0.2) is 27.0 Å². The van der Waals surface area contributed by atoms with Gasteiger partial charge in [0.2, 0.25) is 0 Å². The van der Waals surface area contributed by atoms with Gasteiger partial charge in [0.25, 0.3) is 0 Å². The number of carbonyl (C=O) groups is 1. The van der Waals surface area contributed by atoms with Crippen LogP contribution in [0.3, 0.4) is 0 Å². The smallest absolute Gasteiger partial charge is 0.331 e. The first-order valence-corrected chi connectivity index (χ1v) is 16.5. The molecule has 3 fully saturated rings. The minimum absolute atomic E-state index is 0.125. The van der Waals surface area contributed by atoms with Crippen molar-refractivity contribution in [3.8, 4) is 0 Å². The van der Waals surface area contributed by atoms with E-state index in [9.17, 15) is 4.79 Å². The third-order valence-electron chi connectivity index (χ3n) is 11.5. The van der Waals surface area contributed by atoms with Crippen molar-refractivity contribution in [1.29, 1.82) is 0 Å². The van der Waals surface area contributed by atoms with Crippen LogP contribution in [0, 0.1) is 34.5 Å². The predicted molar refractivity (Wildman–Crippen MR) is 136 cm³/mol. The van der Waals surface area contributed by atoms with Crippen molar-refractivity contribution in [2.75, 3.05) is 6.61 Å². The van der Waals surface area contributed by atoms with Crippen molar-refractivity contribution < 1.29 is 14.0 Å². The molecular formula is C29H46O3Si. The Kier molecular flexibility index (Phi) is 5.65. The Bertz CT molecular complexity index is 880. The summed E-state index contributed by atoms with van der Waals surface area (Å²) in [4.78, 5) is 11.8. The van der Waals surface area contributed by atoms with Crippen molar-refractivity contribution in [2.24, 2.45) is 34.5 Å². The summed E-state index contributed by atoms with van der Waals surface area (Å²) in [7, 11) is -1.73. The van der Waals surface area contributed by atoms with E-state index in [1.54, 1.807) is 5.57 Å². The summed E-state index contributed by atoms with van der Waals surface area (Å²) < 4.78 is 12.2. The van der Waals surface area contributed by atoms with E-state index in [0.29, 0.717) is 29.5 Å². The molecule has 1 unspecified atom stereocenters. The third-order valence-corrected chi connectivity index (χ3v) is 16.0. The van der Waals surface area contributed by atoms with Gasteiger partial charge in [-0.05, 0) is 110 Å². The topological polar surface area (TPSA) is 35.5 Å². The van der Waals surface area contributed by atoms with Crippen LogP contribution in [-0.2, 0) is 14.0 Å². The zero-order valence-electron chi connectivity index (χ0n) is 22.1. The van der Waals surface area contributed by atoms with Crippen LogP contribution in [0.15, 0.2) is 23.3 Å². The summed E-state index contributed by atoms with van der Waals surface area (Å²) in [6, 6.07) is 0. The number of cyclic esters (lactones) is 1. The Morgan fingerprint density at radius 3 is 2.48 bits per heavy atom. The minimum Gasteiger partial charge on any atom is -0.458 e. The van der Waals surface area contributed by atoms with Crippen molar-refractivity contribution in [2.45, 2.75) is 110 Å². The van der Waals surface area contributed by atoms with Gasteiger partial charge in [-0.1, -0.05) is 46.3 Å². The summed E-state index contributed by atoms with van der Waals surface area (Å²) in [6.45, 7) is 17.6. The monoisotopic (exact) mass is 470 g/mol. The highest BCUT2D eigenvalue weighted by atomic mass is 28.4. The normalized spacial score (nSPS) is 43.2. The average molecular weight is 471 g/mol. The summed E-state index contributed by atoms with van der Waals surface area (Å²) in [5.41, 5.74) is 3.70. The summed E-state index contributed by atoms with van der Waals surface area (Å²) >= 11 is 0. The summed E-state index contributed by atoms with van der Waals surface area (Å²) in [6.07, 6.45) is 15.0. The van der Waals surface area contributed by atoms with Gasteiger partial charge in [-0.3, -0.25) is 0 Å². The minimum atomic E-state index is -1.73. The molecule has 1 heterocycles. The van der Waals surface area contributed by atoms with Gasteiger partial charge in [-0.15, -0.1) is 0 Å². The summed E-state index contributed by atoms with van der Waals surface area (Å²) in [5.74, 6) is 2.83. The average Bonchev–Trinajstić information content (AvgIpc) is 3.29. The molecule has 3 nitrogen and oxygen atoms in total. The summed E-state index contributed by atoms with van der Waals surface area (Å²) in [5, 5.41) is 0.275. The Morgan fingerprint density at radius 2 is 1.82 bits per heavy atom. The molecule has 0 aromatic heterocycles. The second kappa shape index (κ2) is 7.81. The van der Waals surface area contributed by atoms with Gasteiger partial charge in [-0.2, -0.15) is 0 Å². The molecule has 33 heavy (non-hydrogen) atoms. The van der Waals surface area contributed by atoms with E-state index >= 15 is 0 Å². The van der Waals surface area contributed by atoms with Crippen LogP contribution in [0.1, 0.15) is 86.0 Å². The number of esters is 1. The molecule has 0 bridgehead atoms. The van der Waals surface area contributed by atoms with Gasteiger partial charge in [0, 0.05) is 12.2 Å². The van der Waals surface area contributed by atoms with Crippen LogP contribution in [0.4, 0.5) is 0 Å². The number of hydrogen-bond donors (Lipinski definition) is 0. The fourth-order valence-electron chi connectivity index (χ4n) is 8.52. The molecule has 0 aromatic carbocycles. The predicted octanol–water partition coefficient (Wildman–Crippen LogP) is 7.44. The van der Waals surface area contributed by atoms with E-state index in [1.165, 1.54) is 50.5 Å². The van der Waals surface area contributed by atoms with E-state index in [0.717, 1.165) is 24.2 Å². The lowest BCUT2D eigenvalue weighted by atomic mass is 9.47. The number of hydrogen-bond acceptors (Lipinski definition) is 3. The van der Waals surface area contributed by atoms with Crippen LogP contribution in [0.2, 0.25) is 18.1 Å². The molecule has 5 rings (SSSR count). The van der Waals surface area contributed by atoms with Gasteiger partial charge >= 0.3 is 5.97 Å². The van der Waals surface area contributed by atoms with E-state index in [-0.39, 0.29) is 11.0 Å². The van der Waals surface area contributed by atoms with Crippen LogP contribution in [0.25, 0.3) is 0 Å². The lowest BCUT2D eigenvalue weighted by Gasteiger charge is -2.58. The standard InChI is InChI=1S/C29H46O3Si/c1-27(2,3)33(6,7)32-21-12-14-28(4)20(17-21)8-9-22-24-11-10-23(19-16-26(30)31-18-19)29(24,5)15-13-25(22)28/h8,16,21-25H,9-15,17-18H2,1-7H3/t21-,22-,23+,24?,25-,28-,29+/m0/s1. The lowest BCUT2D eigenvalue weighted by Crippen LogP contribution is -2.52. The maximum absolute atomic E-state index is 11.8. The van der Waals surface area contributed by atoms with Gasteiger partial charge in [0.15, 0.2) is 8.32 Å². The fraction of sp³-hybridized carbons (Fsp3) is 0.828. The molecule has 1 aliphatic heterocycles. The van der Waals surface area contributed by atoms with E-state index in [4.69, 9.17) is 9.16 Å². The largest absolute Gasteiger partial charge is 0.458 e. The first-order valence-electron chi connectivity index (χ1n) is 13.6. The Hall–Kier alpha value is -0.873. The number of allylic oxidation sites excluding steroid dienone is 1. The number of fused-ring (bicyclic) bond motifs is 5. The van der Waals surface area contributed by atoms with Crippen LogP contribution < -0.4 is 0 Å². The van der Waals surface area contributed by atoms with Crippen molar-refractivity contribution >= 4 is 14.3 Å². The van der Waals surface area contributed by atoms with E-state index in [1.807, 2.05) is 6.08 Å². The molecule has 0 N–H and O–H groups in total. The van der Waals surface area contributed by atoms with E-state index < -0.39 is 8.32 Å². The van der Waals surface area contributed by atoms with Gasteiger partial charge in [-0.25, -0.2) is 4.79 Å². The molecule has 4 aliphatic carbocycles. The van der Waals surface area contributed by atoms with Crippen molar-refractivity contribution in [3.63, 3.8) is 0 Å². The molecule has 184 valence electrons. The molecule has 0 aromatic rings. The molecule has 0 spiro atoms. The first kappa shape index (κ1) is 23.8. The Balaban J connectivity index is 1.34. The van der Waals surface area contributed by atoms with Gasteiger partial charge in [0.05, 0.1) is 0 Å². The quantitative estimate of drug-likeness (QED) is 0.244. The number of carbonyl (C=O) groups excluding carboxylic acids is 1. The van der Waals surface area contributed by atoms with E-state index in [2.05, 4.69) is 53.8 Å². The second-order valence-corrected chi connectivity index (χ2v) is 18.8. The zero-order valence-corrected chi connectivity index (χ0v) is 23.1. The lowest BCUT2D eigenvalue weighted by molar-refractivity contribution is -0.135. The molecular weight excluding hydrogens is 424 g/mol. The number of ether oxygens (including phenoxy) is 1. The molecule has 3 saturated carbocycles. The highest BCUT2D eigenvalue weighted by Gasteiger charge is 2.59. The number of rotatable bonds is 3. The van der Waals surface area contributed by atoms with Crippen LogP contribution in [0.5, 0.6) is 0 Å². The SMILES string of the molecule is CC(C)(C)[Si](C)(C)O[C@H]1CC[C@@]2(C)C(=CC[C@H]3C4CC[C@H](C5=CC(=O)OC5)[C@@]4(C)CC[C@@H]32)C1. The first-order chi connectivity index (χ1) is 15.3. The highest BCUT2D eigenvalue weighted by molar-refractivity contribution is 6.74.